The second kappa shape index (κ2) is 4.32. The fraction of sp³-hybridized carbons (Fsp3) is 0.100. The SMILES string of the molecule is Cl.O=C(O)CN1C(=O)c2ccccc2C1=O. The summed E-state index contributed by atoms with van der Waals surface area (Å²) in [5.41, 5.74) is 0.535. The van der Waals surface area contributed by atoms with Crippen molar-refractivity contribution in [1.29, 1.82) is 0 Å². The molecule has 0 unspecified atom stereocenters. The molecule has 84 valence electrons. The molecule has 0 spiro atoms. The van der Waals surface area contributed by atoms with Gasteiger partial charge in [0, 0.05) is 0 Å². The van der Waals surface area contributed by atoms with Crippen molar-refractivity contribution in [2.75, 3.05) is 6.54 Å². The molecule has 0 bridgehead atoms. The van der Waals surface area contributed by atoms with Gasteiger partial charge in [0.05, 0.1) is 11.1 Å². The first-order valence-corrected chi connectivity index (χ1v) is 4.28. The molecule has 0 aliphatic carbocycles. The normalized spacial score (nSPS) is 13.4. The molecule has 0 saturated heterocycles. The lowest BCUT2D eigenvalue weighted by Gasteiger charge is -2.09. The number of carbonyl (C=O) groups is 3. The van der Waals surface area contributed by atoms with E-state index in [9.17, 15) is 14.4 Å². The highest BCUT2D eigenvalue weighted by Crippen LogP contribution is 2.21. The number of carbonyl (C=O) groups excluding carboxylic acids is 2. The van der Waals surface area contributed by atoms with Crippen molar-refractivity contribution in [3.05, 3.63) is 35.4 Å². The number of imide groups is 1. The summed E-state index contributed by atoms with van der Waals surface area (Å²) < 4.78 is 0. The quantitative estimate of drug-likeness (QED) is 0.777. The summed E-state index contributed by atoms with van der Waals surface area (Å²) in [6.07, 6.45) is 0. The lowest BCUT2D eigenvalue weighted by Crippen LogP contribution is -2.34. The molecule has 0 fully saturated rings. The van der Waals surface area contributed by atoms with Crippen molar-refractivity contribution in [1.82, 2.24) is 4.90 Å². The zero-order valence-electron chi connectivity index (χ0n) is 8.04. The molecule has 0 aromatic heterocycles. The number of aliphatic carboxylic acids is 1. The summed E-state index contributed by atoms with van der Waals surface area (Å²) in [5.74, 6) is -2.29. The van der Waals surface area contributed by atoms with Crippen LogP contribution in [-0.2, 0) is 4.79 Å². The number of hydrogen-bond donors (Lipinski definition) is 1. The number of fused-ring (bicyclic) bond motifs is 1. The van der Waals surface area contributed by atoms with Crippen molar-refractivity contribution in [3.8, 4) is 0 Å². The predicted molar refractivity (Wildman–Crippen MR) is 56.7 cm³/mol. The van der Waals surface area contributed by atoms with Crippen LogP contribution in [-0.4, -0.2) is 34.3 Å². The Balaban J connectivity index is 0.00000128. The maximum atomic E-state index is 11.6. The molecule has 0 saturated carbocycles. The molecule has 1 aromatic rings. The van der Waals surface area contributed by atoms with Crippen LogP contribution in [0.25, 0.3) is 0 Å². The highest BCUT2D eigenvalue weighted by Gasteiger charge is 2.35. The number of hydrogen-bond acceptors (Lipinski definition) is 3. The van der Waals surface area contributed by atoms with Gasteiger partial charge in [-0.15, -0.1) is 12.4 Å². The number of benzene rings is 1. The van der Waals surface area contributed by atoms with Gasteiger partial charge in [-0.2, -0.15) is 0 Å². The topological polar surface area (TPSA) is 74.7 Å². The molecule has 6 heteroatoms. The fourth-order valence-electron chi connectivity index (χ4n) is 1.52. The average Bonchev–Trinajstić information content (AvgIpc) is 2.44. The van der Waals surface area contributed by atoms with Crippen LogP contribution in [0.1, 0.15) is 20.7 Å². The summed E-state index contributed by atoms with van der Waals surface area (Å²) in [7, 11) is 0. The number of carboxylic acid groups (broad SMARTS) is 1. The molecule has 1 heterocycles. The fourth-order valence-corrected chi connectivity index (χ4v) is 1.52. The van der Waals surface area contributed by atoms with Gasteiger partial charge in [-0.05, 0) is 12.1 Å². The third kappa shape index (κ3) is 1.77. The second-order valence-corrected chi connectivity index (χ2v) is 3.14. The largest absolute Gasteiger partial charge is 0.480 e. The Kier molecular flexibility index (Phi) is 3.29. The van der Waals surface area contributed by atoms with E-state index in [1.54, 1.807) is 12.1 Å². The predicted octanol–water partition coefficient (Wildman–Crippen LogP) is 0.789. The first-order valence-electron chi connectivity index (χ1n) is 4.28. The molecule has 0 radical (unpaired) electrons. The van der Waals surface area contributed by atoms with E-state index in [1.165, 1.54) is 12.1 Å². The summed E-state index contributed by atoms with van der Waals surface area (Å²) in [6, 6.07) is 6.29. The minimum Gasteiger partial charge on any atom is -0.480 e. The van der Waals surface area contributed by atoms with Crippen LogP contribution in [0.4, 0.5) is 0 Å². The van der Waals surface area contributed by atoms with Crippen molar-refractivity contribution in [2.45, 2.75) is 0 Å². The van der Waals surface area contributed by atoms with Crippen LogP contribution in [0.5, 0.6) is 0 Å². The van der Waals surface area contributed by atoms with E-state index < -0.39 is 24.3 Å². The van der Waals surface area contributed by atoms with Crippen LogP contribution in [0, 0.1) is 0 Å². The van der Waals surface area contributed by atoms with Crippen LogP contribution in [0.2, 0.25) is 0 Å². The molecule has 2 amide bonds. The van der Waals surface area contributed by atoms with Crippen molar-refractivity contribution in [2.24, 2.45) is 0 Å². The van der Waals surface area contributed by atoms with E-state index >= 15 is 0 Å². The minimum absolute atomic E-state index is 0. The summed E-state index contributed by atoms with van der Waals surface area (Å²) in [6.45, 7) is -0.591. The van der Waals surface area contributed by atoms with Gasteiger partial charge >= 0.3 is 5.97 Å². The lowest BCUT2D eigenvalue weighted by atomic mass is 10.1. The standard InChI is InChI=1S/C10H7NO4.ClH/c12-8(13)5-11-9(14)6-3-1-2-4-7(6)10(11)15;/h1-4H,5H2,(H,12,13);1H. The maximum Gasteiger partial charge on any atom is 0.323 e. The minimum atomic E-state index is -1.20. The van der Waals surface area contributed by atoms with Gasteiger partial charge in [0.1, 0.15) is 6.54 Å². The third-order valence-electron chi connectivity index (χ3n) is 2.17. The second-order valence-electron chi connectivity index (χ2n) is 3.14. The Morgan fingerprint density at radius 1 is 1.12 bits per heavy atom. The van der Waals surface area contributed by atoms with E-state index in [1.807, 2.05) is 0 Å². The summed E-state index contributed by atoms with van der Waals surface area (Å²) >= 11 is 0. The average molecular weight is 242 g/mol. The molecular weight excluding hydrogens is 234 g/mol. The van der Waals surface area contributed by atoms with E-state index in [0.29, 0.717) is 0 Å². The Bertz CT molecular complexity index is 437. The van der Waals surface area contributed by atoms with E-state index in [-0.39, 0.29) is 23.5 Å². The zero-order chi connectivity index (χ0) is 11.0. The van der Waals surface area contributed by atoms with Gasteiger partial charge in [-0.25, -0.2) is 0 Å². The van der Waals surface area contributed by atoms with E-state index in [4.69, 9.17) is 5.11 Å². The highest BCUT2D eigenvalue weighted by molar-refractivity contribution is 6.22. The Labute approximate surface area is 97.1 Å². The number of halogens is 1. The summed E-state index contributed by atoms with van der Waals surface area (Å²) in [4.78, 5) is 34.3. The Morgan fingerprint density at radius 2 is 1.56 bits per heavy atom. The monoisotopic (exact) mass is 241 g/mol. The van der Waals surface area contributed by atoms with Crippen LogP contribution in [0.3, 0.4) is 0 Å². The van der Waals surface area contributed by atoms with Gasteiger partial charge in [0.2, 0.25) is 0 Å². The number of amides is 2. The van der Waals surface area contributed by atoms with Gasteiger partial charge < -0.3 is 5.11 Å². The van der Waals surface area contributed by atoms with Crippen molar-refractivity contribution >= 4 is 30.2 Å². The molecule has 16 heavy (non-hydrogen) atoms. The molecule has 0 atom stereocenters. The van der Waals surface area contributed by atoms with Crippen molar-refractivity contribution < 1.29 is 19.5 Å². The third-order valence-corrected chi connectivity index (χ3v) is 2.17. The van der Waals surface area contributed by atoms with Gasteiger partial charge in [0.25, 0.3) is 11.8 Å². The molecule has 1 aromatic carbocycles. The van der Waals surface area contributed by atoms with Crippen LogP contribution >= 0.6 is 12.4 Å². The van der Waals surface area contributed by atoms with Gasteiger partial charge in [-0.3, -0.25) is 19.3 Å². The molecule has 1 aliphatic rings. The highest BCUT2D eigenvalue weighted by atomic mass is 35.5. The van der Waals surface area contributed by atoms with E-state index in [0.717, 1.165) is 4.90 Å². The molecule has 1 N–H and O–H groups in total. The van der Waals surface area contributed by atoms with Gasteiger partial charge in [0.15, 0.2) is 0 Å². The smallest absolute Gasteiger partial charge is 0.323 e. The zero-order valence-corrected chi connectivity index (χ0v) is 8.86. The van der Waals surface area contributed by atoms with Crippen LogP contribution < -0.4 is 0 Å². The maximum absolute atomic E-state index is 11.6. The lowest BCUT2D eigenvalue weighted by molar-refractivity contribution is -0.137. The van der Waals surface area contributed by atoms with Crippen LogP contribution in [0.15, 0.2) is 24.3 Å². The number of nitrogens with zero attached hydrogens (tertiary/aromatic N) is 1. The Morgan fingerprint density at radius 3 is 1.94 bits per heavy atom. The number of rotatable bonds is 2. The Hall–Kier alpha value is -1.88. The molecule has 1 aliphatic heterocycles. The van der Waals surface area contributed by atoms with Gasteiger partial charge in [-0.1, -0.05) is 12.1 Å². The molecule has 2 rings (SSSR count). The van der Waals surface area contributed by atoms with E-state index in [2.05, 4.69) is 0 Å². The molecule has 5 nitrogen and oxygen atoms in total. The number of carboxylic acids is 1. The van der Waals surface area contributed by atoms with Crippen molar-refractivity contribution in [3.63, 3.8) is 0 Å². The summed E-state index contributed by atoms with van der Waals surface area (Å²) in [5, 5.41) is 8.54. The first kappa shape index (κ1) is 12.2. The first-order chi connectivity index (χ1) is 7.11. The molecular formula is C10H8ClNO4.